The summed E-state index contributed by atoms with van der Waals surface area (Å²) in [5, 5.41) is 15.3. The second-order valence-corrected chi connectivity index (χ2v) is 10.3. The van der Waals surface area contributed by atoms with E-state index >= 15 is 4.39 Å². The van der Waals surface area contributed by atoms with Crippen molar-refractivity contribution in [2.45, 2.75) is 43.7 Å². The Bertz CT molecular complexity index is 1270. The summed E-state index contributed by atoms with van der Waals surface area (Å²) in [6, 6.07) is 7.47. The maximum atomic E-state index is 15.2. The van der Waals surface area contributed by atoms with Crippen LogP contribution in [0.1, 0.15) is 59.3 Å². The summed E-state index contributed by atoms with van der Waals surface area (Å²) in [6.07, 6.45) is 4.22. The van der Waals surface area contributed by atoms with Gasteiger partial charge in [0.1, 0.15) is 29.8 Å². The fourth-order valence-corrected chi connectivity index (χ4v) is 5.10. The number of nitrogens with two attached hydrogens (primary N) is 1. The van der Waals surface area contributed by atoms with Gasteiger partial charge < -0.3 is 21.5 Å². The van der Waals surface area contributed by atoms with Crippen molar-refractivity contribution in [3.05, 3.63) is 75.5 Å². The Morgan fingerprint density at radius 1 is 1.16 bits per heavy atom. The Morgan fingerprint density at radius 3 is 2.61 bits per heavy atom. The Balaban J connectivity index is 1.55. The zero-order valence-corrected chi connectivity index (χ0v) is 22.1. The third-order valence-electron chi connectivity index (χ3n) is 6.63. The summed E-state index contributed by atoms with van der Waals surface area (Å²) in [5.41, 5.74) is 7.68. The smallest absolute Gasteiger partial charge is 0.254 e. The van der Waals surface area contributed by atoms with E-state index in [4.69, 9.17) is 5.73 Å². The molecule has 1 aliphatic carbocycles. The van der Waals surface area contributed by atoms with E-state index in [-0.39, 0.29) is 36.5 Å². The van der Waals surface area contributed by atoms with Crippen molar-refractivity contribution >= 4 is 27.7 Å². The maximum absolute atomic E-state index is 15.2. The van der Waals surface area contributed by atoms with Gasteiger partial charge in [-0.3, -0.25) is 4.79 Å². The molecule has 38 heavy (non-hydrogen) atoms. The van der Waals surface area contributed by atoms with Crippen LogP contribution in [0.3, 0.4) is 0 Å². The molecule has 1 fully saturated rings. The van der Waals surface area contributed by atoms with Crippen LogP contribution in [0.4, 0.5) is 19.0 Å². The van der Waals surface area contributed by atoms with Gasteiger partial charge >= 0.3 is 0 Å². The Labute approximate surface area is 227 Å². The molecule has 5 N–H and O–H groups in total. The zero-order valence-electron chi connectivity index (χ0n) is 20.6. The molecule has 3 aromatic rings. The van der Waals surface area contributed by atoms with E-state index in [0.29, 0.717) is 34.1 Å². The first-order valence-corrected chi connectivity index (χ1v) is 13.2. The highest BCUT2D eigenvalue weighted by molar-refractivity contribution is 9.10. The van der Waals surface area contributed by atoms with Crippen molar-refractivity contribution in [2.75, 3.05) is 25.5 Å². The zero-order chi connectivity index (χ0) is 27.2. The van der Waals surface area contributed by atoms with Gasteiger partial charge in [-0.1, -0.05) is 22.0 Å². The normalized spacial score (nSPS) is 18.2. The quantitative estimate of drug-likeness (QED) is 0.265. The minimum Gasteiger partial charge on any atom is -0.393 e. The number of amides is 1. The fourth-order valence-electron chi connectivity index (χ4n) is 4.62. The van der Waals surface area contributed by atoms with E-state index in [1.807, 2.05) is 0 Å². The SMILES string of the molecule is Nc1ncc(C2CCC(O)CC2)nc1-c1ccc(C(=O)NC(CNCCF)c2cc(F)cc(Br)c2)c(F)c1. The molecule has 4 rings (SSSR count). The number of hydrogen-bond acceptors (Lipinski definition) is 6. The van der Waals surface area contributed by atoms with E-state index in [2.05, 4.69) is 36.5 Å². The van der Waals surface area contributed by atoms with Crippen LogP contribution in [0.5, 0.6) is 0 Å². The van der Waals surface area contributed by atoms with Gasteiger partial charge in [-0.25, -0.2) is 23.1 Å². The average Bonchev–Trinajstić information content (AvgIpc) is 2.88. The number of nitrogen functional groups attached to an aromatic ring is 1. The molecule has 11 heteroatoms. The molecule has 1 saturated carbocycles. The van der Waals surface area contributed by atoms with E-state index in [9.17, 15) is 18.7 Å². The van der Waals surface area contributed by atoms with Crippen LogP contribution in [0.25, 0.3) is 11.3 Å². The number of alkyl halides is 1. The standard InChI is InChI=1S/C27H29BrF3N5O2/c28-18-9-17(10-19(30)12-18)23(13-33-8-7-29)36-27(38)21-6-3-16(11-22(21)31)25-26(32)34-14-24(35-25)15-1-4-20(37)5-2-15/h3,6,9-12,14-15,20,23,33,37H,1-2,4-5,7-8,13H2,(H2,32,34)(H,36,38). The molecule has 202 valence electrons. The highest BCUT2D eigenvalue weighted by Gasteiger charge is 2.24. The van der Waals surface area contributed by atoms with Crippen molar-refractivity contribution in [3.8, 4) is 11.3 Å². The van der Waals surface area contributed by atoms with Crippen LogP contribution in [-0.2, 0) is 0 Å². The van der Waals surface area contributed by atoms with E-state index < -0.39 is 30.3 Å². The maximum Gasteiger partial charge on any atom is 0.254 e. The van der Waals surface area contributed by atoms with Crippen molar-refractivity contribution in [2.24, 2.45) is 0 Å². The summed E-state index contributed by atoms with van der Waals surface area (Å²) in [7, 11) is 0. The molecular weight excluding hydrogens is 563 g/mol. The number of aromatic nitrogens is 2. The second-order valence-electron chi connectivity index (χ2n) is 9.35. The largest absolute Gasteiger partial charge is 0.393 e. The molecule has 0 aliphatic heterocycles. The van der Waals surface area contributed by atoms with E-state index in [0.717, 1.165) is 18.5 Å². The topological polar surface area (TPSA) is 113 Å². The molecule has 7 nitrogen and oxygen atoms in total. The first kappa shape index (κ1) is 28.0. The molecule has 1 atom stereocenters. The van der Waals surface area contributed by atoms with Crippen LogP contribution in [0, 0.1) is 11.6 Å². The molecule has 0 spiro atoms. The number of carbonyl (C=O) groups is 1. The number of rotatable bonds is 9. The Hall–Kier alpha value is -3.02. The monoisotopic (exact) mass is 591 g/mol. The molecule has 0 bridgehead atoms. The summed E-state index contributed by atoms with van der Waals surface area (Å²) in [4.78, 5) is 21.9. The van der Waals surface area contributed by atoms with Crippen molar-refractivity contribution in [1.82, 2.24) is 20.6 Å². The molecule has 1 amide bonds. The number of nitrogens with zero attached hydrogens (tertiary/aromatic N) is 2. The molecular formula is C27H29BrF3N5O2. The highest BCUT2D eigenvalue weighted by atomic mass is 79.9. The molecule has 0 saturated heterocycles. The van der Waals surface area contributed by atoms with Gasteiger partial charge in [-0.2, -0.15) is 0 Å². The fraction of sp³-hybridized carbons (Fsp3) is 0.370. The minimum absolute atomic E-state index is 0.0505. The summed E-state index contributed by atoms with van der Waals surface area (Å²) in [5.74, 6) is -1.75. The van der Waals surface area contributed by atoms with Gasteiger partial charge in [0.05, 0.1) is 29.6 Å². The van der Waals surface area contributed by atoms with Gasteiger partial charge in [0.2, 0.25) is 0 Å². The van der Waals surface area contributed by atoms with Crippen molar-refractivity contribution in [3.63, 3.8) is 0 Å². The number of nitrogens with one attached hydrogen (secondary N) is 2. The molecule has 0 radical (unpaired) electrons. The van der Waals surface area contributed by atoms with Gasteiger partial charge in [0, 0.05) is 29.0 Å². The van der Waals surface area contributed by atoms with Gasteiger partial charge in [-0.05, 0) is 61.6 Å². The lowest BCUT2D eigenvalue weighted by molar-refractivity contribution is 0.0932. The van der Waals surface area contributed by atoms with Gasteiger partial charge in [0.15, 0.2) is 0 Å². The first-order valence-electron chi connectivity index (χ1n) is 12.4. The lowest BCUT2D eigenvalue weighted by atomic mass is 9.85. The van der Waals surface area contributed by atoms with E-state index in [1.165, 1.54) is 24.3 Å². The summed E-state index contributed by atoms with van der Waals surface area (Å²) < 4.78 is 42.3. The third kappa shape index (κ3) is 6.89. The third-order valence-corrected chi connectivity index (χ3v) is 7.09. The van der Waals surface area contributed by atoms with Crippen LogP contribution >= 0.6 is 15.9 Å². The summed E-state index contributed by atoms with van der Waals surface area (Å²) >= 11 is 3.23. The Morgan fingerprint density at radius 2 is 1.92 bits per heavy atom. The number of aliphatic hydroxyl groups excluding tert-OH is 1. The number of anilines is 1. The lowest BCUT2D eigenvalue weighted by Crippen LogP contribution is -2.36. The van der Waals surface area contributed by atoms with Crippen LogP contribution < -0.4 is 16.4 Å². The van der Waals surface area contributed by atoms with Crippen molar-refractivity contribution in [1.29, 1.82) is 0 Å². The molecule has 1 aromatic heterocycles. The predicted molar refractivity (Wildman–Crippen MR) is 142 cm³/mol. The van der Waals surface area contributed by atoms with Crippen LogP contribution in [0.2, 0.25) is 0 Å². The average molecular weight is 592 g/mol. The summed E-state index contributed by atoms with van der Waals surface area (Å²) in [6.45, 7) is -0.448. The molecule has 1 unspecified atom stereocenters. The molecule has 1 aliphatic rings. The van der Waals surface area contributed by atoms with Crippen LogP contribution in [0.15, 0.2) is 47.1 Å². The minimum atomic E-state index is -0.789. The van der Waals surface area contributed by atoms with Gasteiger partial charge in [-0.15, -0.1) is 0 Å². The van der Waals surface area contributed by atoms with E-state index in [1.54, 1.807) is 18.3 Å². The predicted octanol–water partition coefficient (Wildman–Crippen LogP) is 4.82. The number of carbonyl (C=O) groups excluding carboxylic acids is 1. The van der Waals surface area contributed by atoms with Gasteiger partial charge in [0.25, 0.3) is 5.91 Å². The number of benzene rings is 2. The molecule has 1 heterocycles. The first-order chi connectivity index (χ1) is 18.2. The number of halogens is 4. The highest BCUT2D eigenvalue weighted by Crippen LogP contribution is 2.34. The Kier molecular flexibility index (Phi) is 9.35. The lowest BCUT2D eigenvalue weighted by Gasteiger charge is -2.25. The molecule has 2 aromatic carbocycles. The number of aliphatic hydroxyl groups is 1. The van der Waals surface area contributed by atoms with Crippen molar-refractivity contribution < 1.29 is 23.1 Å². The van der Waals surface area contributed by atoms with Crippen LogP contribution in [-0.4, -0.2) is 46.8 Å². The number of hydrogen-bond donors (Lipinski definition) is 4. The second kappa shape index (κ2) is 12.7.